The van der Waals surface area contributed by atoms with E-state index in [4.69, 9.17) is 39.0 Å². The second kappa shape index (κ2) is 28.6. The fourth-order valence-corrected chi connectivity index (χ4v) is 8.57. The van der Waals surface area contributed by atoms with Crippen LogP contribution >= 0.6 is 12.2 Å². The Morgan fingerprint density at radius 3 is 1.74 bits per heavy atom. The summed E-state index contributed by atoms with van der Waals surface area (Å²) >= 11 is 5.07. The molecule has 3 aromatic heterocycles. The quantitative estimate of drug-likeness (QED) is 0.0178. The van der Waals surface area contributed by atoms with Crippen LogP contribution in [-0.2, 0) is 46.4 Å². The van der Waals surface area contributed by atoms with Crippen molar-refractivity contribution in [1.82, 2.24) is 51.4 Å². The maximum absolute atomic E-state index is 12.4. The van der Waals surface area contributed by atoms with Gasteiger partial charge in [-0.15, -0.1) is 0 Å². The number of nitrogens with one attached hydrogen (secondary N) is 6. The Hall–Kier alpha value is -7.22. The molecule has 0 spiro atoms. The highest BCUT2D eigenvalue weighted by Crippen LogP contribution is 2.35. The molecule has 8 rings (SSSR count). The van der Waals surface area contributed by atoms with E-state index >= 15 is 0 Å². The van der Waals surface area contributed by atoms with Gasteiger partial charge in [-0.05, 0) is 125 Å². The molecule has 408 valence electrons. The van der Waals surface area contributed by atoms with Crippen LogP contribution in [0.1, 0.15) is 164 Å². The monoisotopic (exact) mass is 1060 g/mol. The van der Waals surface area contributed by atoms with Gasteiger partial charge in [-0.1, -0.05) is 112 Å². The number of para-hydroxylation sites is 1. The number of H-pyrrole nitrogens is 3. The van der Waals surface area contributed by atoms with Crippen molar-refractivity contribution in [2.45, 2.75) is 162 Å². The first-order valence-corrected chi connectivity index (χ1v) is 26.6. The summed E-state index contributed by atoms with van der Waals surface area (Å²) in [5.74, 6) is 7.74. The van der Waals surface area contributed by atoms with Gasteiger partial charge >= 0.3 is 12.2 Å². The van der Waals surface area contributed by atoms with Crippen molar-refractivity contribution in [1.29, 1.82) is 0 Å². The van der Waals surface area contributed by atoms with Crippen LogP contribution in [0, 0.1) is 0 Å². The zero-order valence-electron chi connectivity index (χ0n) is 45.6. The van der Waals surface area contributed by atoms with Crippen LogP contribution in [0.5, 0.6) is 0 Å². The second-order valence-electron chi connectivity index (χ2n) is 20.7. The van der Waals surface area contributed by atoms with E-state index in [2.05, 4.69) is 114 Å². The molecule has 0 radical (unpaired) electrons. The van der Waals surface area contributed by atoms with Gasteiger partial charge in [-0.3, -0.25) is 20.4 Å². The van der Waals surface area contributed by atoms with Gasteiger partial charge < -0.3 is 36.6 Å². The maximum atomic E-state index is 12.4. The number of aromatic amines is 3. The number of aromatic nitrogens is 7. The predicted molar refractivity (Wildman–Crippen MR) is 304 cm³/mol. The van der Waals surface area contributed by atoms with E-state index in [9.17, 15) is 14.4 Å². The van der Waals surface area contributed by atoms with Crippen molar-refractivity contribution in [2.75, 3.05) is 0 Å². The van der Waals surface area contributed by atoms with E-state index in [-0.39, 0.29) is 23.0 Å². The highest BCUT2D eigenvalue weighted by molar-refractivity contribution is 7.80. The van der Waals surface area contributed by atoms with E-state index in [1.54, 1.807) is 0 Å². The largest absolute Gasteiger partial charge is 0.444 e. The summed E-state index contributed by atoms with van der Waals surface area (Å²) in [6, 6.07) is 23.9. The van der Waals surface area contributed by atoms with Crippen molar-refractivity contribution < 1.29 is 23.9 Å². The molecule has 3 unspecified atom stereocenters. The van der Waals surface area contributed by atoms with E-state index in [1.807, 2.05) is 90.4 Å². The molecule has 0 bridgehead atoms. The van der Waals surface area contributed by atoms with Gasteiger partial charge in [-0.25, -0.2) is 25.4 Å². The number of amides is 3. The van der Waals surface area contributed by atoms with Crippen LogP contribution < -0.4 is 33.4 Å². The van der Waals surface area contributed by atoms with Gasteiger partial charge in [0.25, 0.3) is 0 Å². The van der Waals surface area contributed by atoms with Crippen molar-refractivity contribution in [2.24, 2.45) is 17.3 Å². The Bertz CT molecular complexity index is 2910. The van der Waals surface area contributed by atoms with Gasteiger partial charge in [-0.2, -0.15) is 10.2 Å². The molecule has 3 heterocycles. The fourth-order valence-electron chi connectivity index (χ4n) is 8.43. The number of alkyl carbamates (subject to hydrolysis) is 2. The number of hydrogen-bond acceptors (Lipinski definition) is 12. The summed E-state index contributed by atoms with van der Waals surface area (Å²) in [7, 11) is 0. The van der Waals surface area contributed by atoms with Gasteiger partial charge in [0.1, 0.15) is 22.9 Å². The molecule has 19 heteroatoms. The minimum atomic E-state index is -0.564. The Balaban J connectivity index is 0.000000200. The highest BCUT2D eigenvalue weighted by atomic mass is 32.1. The second-order valence-corrected chi connectivity index (χ2v) is 21.1. The van der Waals surface area contributed by atoms with Gasteiger partial charge in [0.2, 0.25) is 5.91 Å². The summed E-state index contributed by atoms with van der Waals surface area (Å²) in [5.41, 5.74) is 22.8. The minimum absolute atomic E-state index is 0.0949. The Morgan fingerprint density at radius 2 is 1.21 bits per heavy atom. The first kappa shape index (κ1) is 59.7. The molecule has 0 aliphatic heterocycles. The van der Waals surface area contributed by atoms with Crippen LogP contribution in [0.15, 0.2) is 91.1 Å². The molecule has 0 fully saturated rings. The topological polar surface area (TPSA) is 283 Å². The number of nitrogens with zero attached hydrogens (tertiary/aromatic N) is 4. The summed E-state index contributed by atoms with van der Waals surface area (Å²) in [5, 5.41) is 21.3. The van der Waals surface area contributed by atoms with Crippen LogP contribution in [0.25, 0.3) is 22.0 Å². The SMILES string of the molecule is CC(C)(C)OC(=O)NC(Cc1c[nH]c2ccccc12)C(N)=S.CCCC(=O)NN.CCCc1nc(C(CC2=CCc3ccccc32)NC(=O)OC(C)(C)C)n[nH]1.CCCc1nc(C(N)CC2=CCc3ccccc32)n[nH]1. The van der Waals surface area contributed by atoms with E-state index in [0.717, 1.165) is 85.3 Å². The standard InChI is InChI=1S/C21H28N4O2.C16H20N4.C16H21N3O2S.C4H10N2O/c1-5-8-18-23-19(25-24-18)17(22-20(26)27-21(2,3)4)13-15-12-11-14-9-6-7-10-16(14)15;1-2-5-15-18-16(20-19-15)14(17)10-12-9-8-11-6-3-4-7-13(11)12;1-16(2,3)21-15(20)19-13(14(17)22)8-10-9-18-12-7-5-4-6-11(10)12;1-2-3-4(7)6-5/h6-7,9-10,12,17H,5,8,11,13H2,1-4H3,(H,22,26)(H,23,24,25);3-4,6-7,9,14H,2,5,8,10,17H2,1H3,(H,18,19,20);4-7,9,13,18H,8H2,1-3H3,(H2,17,22)(H,19,20);2-3,5H2,1H3,(H,6,7). The first-order chi connectivity index (χ1) is 36.2. The van der Waals surface area contributed by atoms with Crippen LogP contribution in [-0.4, -0.2) is 75.7 Å². The third kappa shape index (κ3) is 18.9. The van der Waals surface area contributed by atoms with Crippen molar-refractivity contribution in [3.05, 3.63) is 142 Å². The molecule has 2 aliphatic rings. The minimum Gasteiger partial charge on any atom is -0.444 e. The van der Waals surface area contributed by atoms with Crippen LogP contribution in [0.2, 0.25) is 0 Å². The van der Waals surface area contributed by atoms with Gasteiger partial charge in [0.15, 0.2) is 11.6 Å². The number of benzene rings is 3. The van der Waals surface area contributed by atoms with Crippen molar-refractivity contribution in [3.63, 3.8) is 0 Å². The molecule has 3 atom stereocenters. The van der Waals surface area contributed by atoms with E-state index in [0.29, 0.717) is 25.1 Å². The molecule has 3 aromatic carbocycles. The third-order valence-corrected chi connectivity index (χ3v) is 12.2. The number of ether oxygens (including phenoxy) is 2. The highest BCUT2D eigenvalue weighted by Gasteiger charge is 2.27. The number of allylic oxidation sites excluding steroid dienone is 2. The molecule has 18 nitrogen and oxygen atoms in total. The number of carbonyl (C=O) groups is 3. The molecular weight excluding hydrogens is 979 g/mol. The zero-order valence-corrected chi connectivity index (χ0v) is 46.5. The van der Waals surface area contributed by atoms with E-state index < -0.39 is 29.4 Å². The van der Waals surface area contributed by atoms with Gasteiger partial charge in [0, 0.05) is 49.2 Å². The van der Waals surface area contributed by atoms with Crippen molar-refractivity contribution in [3.8, 4) is 0 Å². The molecule has 2 aliphatic carbocycles. The molecule has 0 saturated heterocycles. The predicted octanol–water partition coefficient (Wildman–Crippen LogP) is 9.81. The molecule has 6 aromatic rings. The van der Waals surface area contributed by atoms with Crippen LogP contribution in [0.3, 0.4) is 0 Å². The molecular formula is C57H79N13O5S. The average Bonchev–Trinajstić information content (AvgIpc) is 4.24. The number of hydrazine groups is 1. The lowest BCUT2D eigenvalue weighted by atomic mass is 9.99. The number of hydrogen-bond donors (Lipinski definition) is 9. The maximum Gasteiger partial charge on any atom is 0.408 e. The number of thiocarbonyl (C=S) groups is 1. The molecule has 0 saturated carbocycles. The van der Waals surface area contributed by atoms with Crippen LogP contribution in [0.4, 0.5) is 9.59 Å². The van der Waals surface area contributed by atoms with Crippen molar-refractivity contribution >= 4 is 57.3 Å². The molecule has 12 N–H and O–H groups in total. The molecule has 76 heavy (non-hydrogen) atoms. The normalized spacial score (nSPS) is 13.6. The Kier molecular flexibility index (Phi) is 22.5. The Morgan fingerprint density at radius 1 is 0.697 bits per heavy atom. The third-order valence-electron chi connectivity index (χ3n) is 11.9. The lowest BCUT2D eigenvalue weighted by molar-refractivity contribution is -0.121. The number of aryl methyl sites for hydroxylation is 2. The zero-order chi connectivity index (χ0) is 55.4. The number of fused-ring (bicyclic) bond motifs is 3. The summed E-state index contributed by atoms with van der Waals surface area (Å²) in [6.07, 6.45) is 14.4. The fraction of sp³-hybridized carbons (Fsp3) is 0.439. The lowest BCUT2D eigenvalue weighted by Gasteiger charge is -2.23. The smallest absolute Gasteiger partial charge is 0.408 e. The number of nitrogens with two attached hydrogens (primary N) is 3. The van der Waals surface area contributed by atoms with E-state index in [1.165, 1.54) is 33.4 Å². The summed E-state index contributed by atoms with van der Waals surface area (Å²) < 4.78 is 10.7. The Labute approximate surface area is 452 Å². The first-order valence-electron chi connectivity index (χ1n) is 26.2. The lowest BCUT2D eigenvalue weighted by Crippen LogP contribution is -2.46. The van der Waals surface area contributed by atoms with Gasteiger partial charge in [0.05, 0.1) is 23.1 Å². The summed E-state index contributed by atoms with van der Waals surface area (Å²) in [6.45, 7) is 17.1. The summed E-state index contributed by atoms with van der Waals surface area (Å²) in [4.78, 5) is 47.0. The number of rotatable bonds is 17. The number of carbonyl (C=O) groups excluding carboxylic acids is 3. The molecule has 3 amide bonds. The average molecular weight is 1060 g/mol.